The van der Waals surface area contributed by atoms with Gasteiger partial charge in [0.2, 0.25) is 0 Å². The summed E-state index contributed by atoms with van der Waals surface area (Å²) in [6, 6.07) is 11.7. The van der Waals surface area contributed by atoms with Crippen LogP contribution >= 0.6 is 11.3 Å². The molecule has 0 radical (unpaired) electrons. The molecule has 2 N–H and O–H groups in total. The van der Waals surface area contributed by atoms with Gasteiger partial charge < -0.3 is 24.3 Å². The third-order valence-corrected chi connectivity index (χ3v) is 13.9. The molecule has 11 heteroatoms. The first-order valence-corrected chi connectivity index (χ1v) is 24.3. The van der Waals surface area contributed by atoms with Crippen LogP contribution in [-0.2, 0) is 28.9 Å². The molecule has 3 aliphatic heterocycles. The zero-order chi connectivity index (χ0) is 44.2. The molecule has 0 amide bonds. The number of nitrogens with zero attached hydrogens (tertiary/aromatic N) is 6. The minimum Gasteiger partial charge on any atom is -0.378 e. The van der Waals surface area contributed by atoms with Crippen LogP contribution in [0.15, 0.2) is 48.5 Å². The average molecular weight is 863 g/mol. The van der Waals surface area contributed by atoms with Crippen molar-refractivity contribution in [3.63, 3.8) is 0 Å². The quantitative estimate of drug-likeness (QED) is 0.0495. The number of aldehydes is 1. The maximum absolute atomic E-state index is 11.6. The van der Waals surface area contributed by atoms with E-state index >= 15 is 0 Å². The van der Waals surface area contributed by atoms with Gasteiger partial charge in [-0.25, -0.2) is 9.99 Å². The number of aryl methyl sites for hydroxylation is 1. The fraction of sp³-hybridized carbons (Fsp3) is 0.588. The van der Waals surface area contributed by atoms with Gasteiger partial charge in [-0.2, -0.15) is 0 Å². The topological polar surface area (TPSA) is 90.8 Å². The highest BCUT2D eigenvalue weighted by Gasteiger charge is 2.31. The highest BCUT2D eigenvalue weighted by molar-refractivity contribution is 7.10. The van der Waals surface area contributed by atoms with Crippen molar-refractivity contribution in [3.8, 4) is 35.0 Å². The van der Waals surface area contributed by atoms with Crippen LogP contribution in [0.2, 0.25) is 0 Å². The Balaban J connectivity index is 0.000000506. The monoisotopic (exact) mass is 863 g/mol. The van der Waals surface area contributed by atoms with Gasteiger partial charge in [0.25, 0.3) is 0 Å². The van der Waals surface area contributed by atoms with Gasteiger partial charge in [0.05, 0.1) is 59.3 Å². The molecule has 1 saturated carbocycles. The molecule has 2 unspecified atom stereocenters. The summed E-state index contributed by atoms with van der Waals surface area (Å²) in [5.41, 5.74) is 12.8. The van der Waals surface area contributed by atoms with Crippen molar-refractivity contribution in [1.82, 2.24) is 35.2 Å². The van der Waals surface area contributed by atoms with Crippen LogP contribution < -0.4 is 15.6 Å². The molecule has 336 valence electrons. The van der Waals surface area contributed by atoms with E-state index in [0.717, 1.165) is 107 Å². The molecular formula is C51H74N8O2S. The van der Waals surface area contributed by atoms with Gasteiger partial charge in [0.1, 0.15) is 6.29 Å². The fourth-order valence-electron chi connectivity index (χ4n) is 8.61. The first-order chi connectivity index (χ1) is 30.0. The summed E-state index contributed by atoms with van der Waals surface area (Å²) in [4.78, 5) is 26.9. The highest BCUT2D eigenvalue weighted by Crippen LogP contribution is 2.44. The van der Waals surface area contributed by atoms with Crippen molar-refractivity contribution < 1.29 is 9.53 Å². The standard InChI is InChI=1S/C42H54N6O2S.C5H12N2.C4H8/c1-8-12-15-42(6,7)23-36-34-20-30(37-28-51-39(45-37)21-31(25-49)43-10-3)13-14-38(34)48(11-4)41(36)35-22-32(24-44-40(35)29(5)9-2)46-16-18-47(19-17-46)33-26-50-27-33;1-7-5-3-2-4-6-7;1-4-2-3-4/h3,8,13-14,20,22,24-25,28-29,31,33,43H,1,9,11-12,15-19,21,23,26-27H2,2,4-7H3;6H,2-5H2,1H3;4H,2-3H2,1H3. The molecule has 4 fully saturated rings. The Hall–Kier alpha value is -4.05. The smallest absolute Gasteiger partial charge is 0.143 e. The number of benzene rings is 1. The van der Waals surface area contributed by atoms with Crippen LogP contribution in [0, 0.1) is 23.8 Å². The van der Waals surface area contributed by atoms with Crippen LogP contribution in [0.5, 0.6) is 0 Å². The summed E-state index contributed by atoms with van der Waals surface area (Å²) in [6.45, 7) is 26.9. The van der Waals surface area contributed by atoms with E-state index in [1.807, 2.05) is 6.08 Å². The van der Waals surface area contributed by atoms with Gasteiger partial charge in [-0.05, 0) is 86.5 Å². The molecule has 1 aromatic carbocycles. The second-order valence-corrected chi connectivity index (χ2v) is 19.6. The van der Waals surface area contributed by atoms with E-state index in [-0.39, 0.29) is 5.41 Å². The van der Waals surface area contributed by atoms with Crippen LogP contribution in [0.1, 0.15) is 109 Å². The van der Waals surface area contributed by atoms with Gasteiger partial charge in [0, 0.05) is 92.7 Å². The van der Waals surface area contributed by atoms with Crippen molar-refractivity contribution >= 4 is 34.2 Å². The number of fused-ring (bicyclic) bond motifs is 1. The summed E-state index contributed by atoms with van der Waals surface area (Å²) < 4.78 is 8.01. The number of anilines is 1. The lowest BCUT2D eigenvalue weighted by molar-refractivity contribution is -0.109. The largest absolute Gasteiger partial charge is 0.378 e. The third kappa shape index (κ3) is 12.4. The number of aromatic nitrogens is 3. The molecular weight excluding hydrogens is 789 g/mol. The number of thiazole rings is 1. The molecule has 4 aromatic rings. The zero-order valence-corrected chi connectivity index (χ0v) is 39.7. The number of hydrazine groups is 1. The first-order valence-electron chi connectivity index (χ1n) is 23.4. The lowest BCUT2D eigenvalue weighted by Gasteiger charge is -2.43. The second-order valence-electron chi connectivity index (χ2n) is 18.7. The predicted molar refractivity (Wildman–Crippen MR) is 260 cm³/mol. The number of terminal acetylenes is 1. The van der Waals surface area contributed by atoms with Gasteiger partial charge in [-0.3, -0.25) is 15.3 Å². The summed E-state index contributed by atoms with van der Waals surface area (Å²) in [7, 11) is 2.08. The fourth-order valence-corrected chi connectivity index (χ4v) is 9.47. The van der Waals surface area contributed by atoms with E-state index in [0.29, 0.717) is 18.4 Å². The van der Waals surface area contributed by atoms with E-state index in [2.05, 4.69) is 127 Å². The number of ether oxygens (including phenoxy) is 1. The number of rotatable bonds is 16. The maximum Gasteiger partial charge on any atom is 0.143 e. The summed E-state index contributed by atoms with van der Waals surface area (Å²) in [5, 5.41) is 9.16. The maximum atomic E-state index is 11.6. The number of nitrogens with one attached hydrogen (secondary N) is 2. The lowest BCUT2D eigenvalue weighted by atomic mass is 9.80. The third-order valence-electron chi connectivity index (χ3n) is 13.1. The number of carbonyl (C=O) groups excluding carboxylic acids is 1. The number of pyridine rings is 1. The Morgan fingerprint density at radius 2 is 1.89 bits per heavy atom. The molecule has 3 aromatic heterocycles. The van der Waals surface area contributed by atoms with Crippen molar-refractivity contribution in [2.75, 3.05) is 64.4 Å². The summed E-state index contributed by atoms with van der Waals surface area (Å²) in [6.07, 6.45) is 20.5. The van der Waals surface area contributed by atoms with Crippen molar-refractivity contribution in [2.24, 2.45) is 11.3 Å². The Morgan fingerprint density at radius 1 is 1.13 bits per heavy atom. The minimum atomic E-state index is -0.452. The van der Waals surface area contributed by atoms with E-state index in [4.69, 9.17) is 21.1 Å². The highest BCUT2D eigenvalue weighted by atomic mass is 32.1. The molecule has 4 aliphatic rings. The molecule has 1 aliphatic carbocycles. The predicted octanol–water partition coefficient (Wildman–Crippen LogP) is 9.34. The summed E-state index contributed by atoms with van der Waals surface area (Å²) in [5.74, 6) is 1.40. The molecule has 2 atom stereocenters. The zero-order valence-electron chi connectivity index (χ0n) is 38.8. The van der Waals surface area contributed by atoms with Crippen LogP contribution in [0.3, 0.4) is 0 Å². The van der Waals surface area contributed by atoms with Crippen molar-refractivity contribution in [2.45, 2.75) is 124 Å². The summed E-state index contributed by atoms with van der Waals surface area (Å²) >= 11 is 1.57. The van der Waals surface area contributed by atoms with E-state index in [1.165, 1.54) is 71.3 Å². The normalized spacial score (nSPS) is 18.4. The molecule has 0 bridgehead atoms. The number of hydrogen-bond acceptors (Lipinski definition) is 10. The van der Waals surface area contributed by atoms with Crippen molar-refractivity contribution in [3.05, 3.63) is 64.8 Å². The van der Waals surface area contributed by atoms with E-state index < -0.39 is 6.04 Å². The number of piperazine rings is 1. The van der Waals surface area contributed by atoms with Gasteiger partial charge in [-0.15, -0.1) is 17.9 Å². The Morgan fingerprint density at radius 3 is 2.45 bits per heavy atom. The number of hydrogen-bond donors (Lipinski definition) is 2. The Bertz CT molecular complexity index is 2100. The molecule has 62 heavy (non-hydrogen) atoms. The molecule has 10 nitrogen and oxygen atoms in total. The molecule has 3 saturated heterocycles. The van der Waals surface area contributed by atoms with E-state index in [1.54, 1.807) is 11.3 Å². The van der Waals surface area contributed by atoms with Gasteiger partial charge in [-0.1, -0.05) is 66.0 Å². The van der Waals surface area contributed by atoms with Crippen LogP contribution in [-0.4, -0.2) is 102 Å². The van der Waals surface area contributed by atoms with Crippen LogP contribution in [0.4, 0.5) is 5.69 Å². The lowest BCUT2D eigenvalue weighted by Crippen LogP contribution is -2.56. The SMILES string of the molecule is C#CNC(C=O)Cc1nc(-c2ccc3c(c2)c(CC(C)(C)CCC=C)c(-c2cc(N4CCN(C5COC5)CC4)cnc2C(C)CC)n3CC)cs1.CC1CC1.CN1CCCCN1. The Kier molecular flexibility index (Phi) is 17.2. The number of carbonyl (C=O) groups is 1. The molecule has 0 spiro atoms. The van der Waals surface area contributed by atoms with Gasteiger partial charge in [0.15, 0.2) is 0 Å². The second kappa shape index (κ2) is 22.5. The Labute approximate surface area is 376 Å². The average Bonchev–Trinajstić information content (AvgIpc) is 3.80. The minimum absolute atomic E-state index is 0.0522. The van der Waals surface area contributed by atoms with Gasteiger partial charge >= 0.3 is 0 Å². The number of allylic oxidation sites excluding steroid dienone is 1. The van der Waals surface area contributed by atoms with E-state index in [9.17, 15) is 4.79 Å². The van der Waals surface area contributed by atoms with Crippen molar-refractivity contribution in [1.29, 1.82) is 0 Å². The molecule has 6 heterocycles. The van der Waals surface area contributed by atoms with Crippen LogP contribution in [0.25, 0.3) is 33.4 Å². The molecule has 8 rings (SSSR count). The first kappa shape index (κ1) is 47.4.